The zero-order valence-corrected chi connectivity index (χ0v) is 20.9. The molecule has 8 heteroatoms. The molecule has 2 aliphatic heterocycles. The molecule has 0 bridgehead atoms. The number of likely N-dealkylation sites (N-methyl/N-ethyl adjacent to an activating group) is 1. The lowest BCUT2D eigenvalue weighted by Crippen LogP contribution is -2.55. The van der Waals surface area contributed by atoms with Crippen molar-refractivity contribution in [3.63, 3.8) is 0 Å². The molecule has 2 unspecified atom stereocenters. The number of thioether (sulfide) groups is 1. The summed E-state index contributed by atoms with van der Waals surface area (Å²) in [5.74, 6) is 3.92. The number of hydrogen-bond acceptors (Lipinski definition) is 4. The van der Waals surface area contributed by atoms with Crippen LogP contribution in [0.25, 0.3) is 0 Å². The zero-order chi connectivity index (χ0) is 19.3. The third-order valence-electron chi connectivity index (χ3n) is 6.63. The number of nitrogens with zero attached hydrogens (tertiary/aromatic N) is 3. The Morgan fingerprint density at radius 3 is 2.61 bits per heavy atom. The molecule has 162 valence electrons. The Morgan fingerprint density at radius 1 is 1.25 bits per heavy atom. The first-order valence-electron chi connectivity index (χ1n) is 10.6. The van der Waals surface area contributed by atoms with E-state index in [1.165, 1.54) is 31.4 Å². The van der Waals surface area contributed by atoms with Gasteiger partial charge in [0, 0.05) is 49.9 Å². The minimum absolute atomic E-state index is 0. The van der Waals surface area contributed by atoms with Crippen molar-refractivity contribution in [1.29, 1.82) is 0 Å². The molecule has 0 aromatic carbocycles. The number of aliphatic imine (C=N–C) groups is 1. The summed E-state index contributed by atoms with van der Waals surface area (Å²) in [6, 6.07) is 0.303. The molecule has 0 aromatic heterocycles. The van der Waals surface area contributed by atoms with E-state index < -0.39 is 0 Å². The molecule has 3 aliphatic rings. The van der Waals surface area contributed by atoms with Crippen LogP contribution in [0, 0.1) is 5.92 Å². The Bertz CT molecular complexity index is 533. The van der Waals surface area contributed by atoms with Gasteiger partial charge in [-0.3, -0.25) is 9.79 Å². The molecule has 3 rings (SSSR count). The Kier molecular flexibility index (Phi) is 9.66. The Hall–Kier alpha value is -0.220. The molecule has 1 saturated carbocycles. The number of carbonyl (C=O) groups excluding carboxylic acids is 1. The van der Waals surface area contributed by atoms with Crippen LogP contribution in [-0.2, 0) is 4.79 Å². The first kappa shape index (κ1) is 24.1. The van der Waals surface area contributed by atoms with Gasteiger partial charge in [-0.25, -0.2) is 0 Å². The van der Waals surface area contributed by atoms with Gasteiger partial charge in [-0.1, -0.05) is 19.3 Å². The molecular weight excluding hydrogens is 485 g/mol. The van der Waals surface area contributed by atoms with Crippen molar-refractivity contribution >= 4 is 47.6 Å². The van der Waals surface area contributed by atoms with Crippen LogP contribution in [0.5, 0.6) is 0 Å². The van der Waals surface area contributed by atoms with Crippen molar-refractivity contribution < 1.29 is 4.79 Å². The van der Waals surface area contributed by atoms with Gasteiger partial charge in [0.2, 0.25) is 5.91 Å². The molecule has 0 radical (unpaired) electrons. The molecule has 0 spiro atoms. The molecule has 2 N–H and O–H groups in total. The molecule has 28 heavy (non-hydrogen) atoms. The number of likely N-dealkylation sites (tertiary alicyclic amines) is 1. The number of hydrogen-bond donors (Lipinski definition) is 2. The highest BCUT2D eigenvalue weighted by Crippen LogP contribution is 2.31. The van der Waals surface area contributed by atoms with Gasteiger partial charge < -0.3 is 20.4 Å². The number of halogens is 1. The predicted molar refractivity (Wildman–Crippen MR) is 130 cm³/mol. The minimum Gasteiger partial charge on any atom is -0.355 e. The average molecular weight is 524 g/mol. The van der Waals surface area contributed by atoms with Crippen LogP contribution in [0.2, 0.25) is 0 Å². The summed E-state index contributed by atoms with van der Waals surface area (Å²) >= 11 is 2.03. The highest BCUT2D eigenvalue weighted by Gasteiger charge is 2.37. The van der Waals surface area contributed by atoms with Crippen molar-refractivity contribution in [2.24, 2.45) is 10.9 Å². The lowest BCUT2D eigenvalue weighted by Gasteiger charge is -2.36. The Balaban J connectivity index is 0.00000280. The second-order valence-electron chi connectivity index (χ2n) is 8.60. The average Bonchev–Trinajstić information content (AvgIpc) is 3.35. The van der Waals surface area contributed by atoms with E-state index in [4.69, 9.17) is 0 Å². The standard InChI is InChI=1S/C20H37N5OS.HI/c1-21-19(22-14-20(24(2)3)10-12-27-15-20)23-17-9-11-25(13-17)18(26)16-7-5-4-6-8-16;/h16-17H,4-15H2,1-3H3,(H2,21,22,23);1H. The van der Waals surface area contributed by atoms with Gasteiger partial charge >= 0.3 is 0 Å². The summed E-state index contributed by atoms with van der Waals surface area (Å²) in [4.78, 5) is 21.6. The fraction of sp³-hybridized carbons (Fsp3) is 0.900. The molecule has 1 aliphatic carbocycles. The molecule has 3 fully saturated rings. The summed E-state index contributed by atoms with van der Waals surface area (Å²) in [6.07, 6.45) is 8.11. The quantitative estimate of drug-likeness (QED) is 0.329. The maximum Gasteiger partial charge on any atom is 0.225 e. The van der Waals surface area contributed by atoms with E-state index in [1.807, 2.05) is 18.8 Å². The first-order chi connectivity index (χ1) is 13.0. The van der Waals surface area contributed by atoms with Crippen molar-refractivity contribution in [1.82, 2.24) is 20.4 Å². The number of nitrogens with one attached hydrogen (secondary N) is 2. The molecule has 1 amide bonds. The van der Waals surface area contributed by atoms with Crippen LogP contribution >= 0.6 is 35.7 Å². The highest BCUT2D eigenvalue weighted by molar-refractivity contribution is 14.0. The number of rotatable bonds is 5. The predicted octanol–water partition coefficient (Wildman–Crippen LogP) is 2.39. The van der Waals surface area contributed by atoms with Gasteiger partial charge in [0.05, 0.1) is 0 Å². The van der Waals surface area contributed by atoms with Crippen LogP contribution in [0.15, 0.2) is 4.99 Å². The van der Waals surface area contributed by atoms with Gasteiger partial charge in [-0.05, 0) is 45.5 Å². The van der Waals surface area contributed by atoms with E-state index in [0.29, 0.717) is 11.9 Å². The summed E-state index contributed by atoms with van der Waals surface area (Å²) in [7, 11) is 6.19. The number of amides is 1. The van der Waals surface area contributed by atoms with Gasteiger partial charge in [0.1, 0.15) is 0 Å². The first-order valence-corrected chi connectivity index (χ1v) is 11.7. The molecular formula is C20H38IN5OS. The van der Waals surface area contributed by atoms with Gasteiger partial charge in [-0.15, -0.1) is 24.0 Å². The molecule has 2 atom stereocenters. The fourth-order valence-electron chi connectivity index (χ4n) is 4.57. The smallest absolute Gasteiger partial charge is 0.225 e. The molecule has 0 aromatic rings. The number of guanidine groups is 1. The van der Waals surface area contributed by atoms with Crippen LogP contribution in [0.4, 0.5) is 0 Å². The van der Waals surface area contributed by atoms with Gasteiger partial charge in [0.15, 0.2) is 5.96 Å². The molecule has 6 nitrogen and oxygen atoms in total. The zero-order valence-electron chi connectivity index (χ0n) is 17.7. The van der Waals surface area contributed by atoms with Crippen LogP contribution in [0.1, 0.15) is 44.9 Å². The Morgan fingerprint density at radius 2 is 2.00 bits per heavy atom. The highest BCUT2D eigenvalue weighted by atomic mass is 127. The second-order valence-corrected chi connectivity index (χ2v) is 9.70. The maximum atomic E-state index is 12.8. The molecule has 2 saturated heterocycles. The summed E-state index contributed by atoms with van der Waals surface area (Å²) in [5, 5.41) is 7.10. The summed E-state index contributed by atoms with van der Waals surface area (Å²) in [5.41, 5.74) is 0.209. The van der Waals surface area contributed by atoms with Gasteiger partial charge in [-0.2, -0.15) is 11.8 Å². The van der Waals surface area contributed by atoms with E-state index in [0.717, 1.165) is 50.6 Å². The topological polar surface area (TPSA) is 60.0 Å². The minimum atomic E-state index is 0. The van der Waals surface area contributed by atoms with Crippen molar-refractivity contribution in [2.75, 3.05) is 52.3 Å². The number of carbonyl (C=O) groups is 1. The normalized spacial score (nSPS) is 29.1. The van der Waals surface area contributed by atoms with E-state index in [2.05, 4.69) is 39.5 Å². The van der Waals surface area contributed by atoms with E-state index >= 15 is 0 Å². The van der Waals surface area contributed by atoms with Crippen molar-refractivity contribution in [2.45, 2.75) is 56.5 Å². The lowest BCUT2D eigenvalue weighted by atomic mass is 9.88. The van der Waals surface area contributed by atoms with Crippen LogP contribution < -0.4 is 10.6 Å². The summed E-state index contributed by atoms with van der Waals surface area (Å²) in [6.45, 7) is 2.59. The third kappa shape index (κ3) is 5.90. The van der Waals surface area contributed by atoms with Crippen molar-refractivity contribution in [3.05, 3.63) is 0 Å². The fourth-order valence-corrected chi connectivity index (χ4v) is 6.12. The van der Waals surface area contributed by atoms with E-state index in [1.54, 1.807) is 0 Å². The monoisotopic (exact) mass is 523 g/mol. The van der Waals surface area contributed by atoms with Crippen LogP contribution in [-0.4, -0.2) is 85.5 Å². The Labute approximate surface area is 192 Å². The third-order valence-corrected chi connectivity index (χ3v) is 7.87. The lowest BCUT2D eigenvalue weighted by molar-refractivity contribution is -0.135. The van der Waals surface area contributed by atoms with E-state index in [9.17, 15) is 4.79 Å². The van der Waals surface area contributed by atoms with E-state index in [-0.39, 0.29) is 35.4 Å². The second kappa shape index (κ2) is 11.2. The van der Waals surface area contributed by atoms with Gasteiger partial charge in [0.25, 0.3) is 0 Å². The van der Waals surface area contributed by atoms with Crippen molar-refractivity contribution in [3.8, 4) is 0 Å². The van der Waals surface area contributed by atoms with Crippen LogP contribution in [0.3, 0.4) is 0 Å². The largest absolute Gasteiger partial charge is 0.355 e. The summed E-state index contributed by atoms with van der Waals surface area (Å²) < 4.78 is 0. The molecule has 2 heterocycles. The SMILES string of the molecule is CN=C(NCC1(N(C)C)CCSC1)NC1CCN(C(=O)C2CCCCC2)C1.I. The maximum absolute atomic E-state index is 12.8.